The van der Waals surface area contributed by atoms with Gasteiger partial charge >= 0.3 is 0 Å². The van der Waals surface area contributed by atoms with E-state index in [2.05, 4.69) is 9.71 Å². The summed E-state index contributed by atoms with van der Waals surface area (Å²) in [6, 6.07) is 10.8. The molecule has 0 amide bonds. The van der Waals surface area contributed by atoms with Crippen LogP contribution in [0.15, 0.2) is 65.8 Å². The average Bonchev–Trinajstić information content (AvgIpc) is 2.99. The van der Waals surface area contributed by atoms with Gasteiger partial charge in [-0.3, -0.25) is 0 Å². The van der Waals surface area contributed by atoms with Crippen molar-refractivity contribution < 1.29 is 12.8 Å². The van der Waals surface area contributed by atoms with Gasteiger partial charge in [0.25, 0.3) is 0 Å². The molecular formula is C17H15ClFN3O2S. The predicted octanol–water partition coefficient (Wildman–Crippen LogP) is 3.28. The van der Waals surface area contributed by atoms with Gasteiger partial charge in [-0.1, -0.05) is 29.8 Å². The second-order valence-corrected chi connectivity index (χ2v) is 7.61. The van der Waals surface area contributed by atoms with Gasteiger partial charge in [0.1, 0.15) is 17.7 Å². The number of nitrogens with zero attached hydrogens (tertiary/aromatic N) is 2. The second kappa shape index (κ2) is 6.95. The van der Waals surface area contributed by atoms with Gasteiger partial charge in [-0.2, -0.15) is 4.72 Å². The summed E-state index contributed by atoms with van der Waals surface area (Å²) in [4.78, 5) is 4.27. The molecule has 0 radical (unpaired) electrons. The molecule has 0 spiro atoms. The van der Waals surface area contributed by atoms with Gasteiger partial charge in [0.15, 0.2) is 0 Å². The molecule has 0 saturated carbocycles. The molecule has 0 aliphatic rings. The minimum atomic E-state index is -3.86. The van der Waals surface area contributed by atoms with E-state index < -0.39 is 21.9 Å². The molecule has 0 fully saturated rings. The van der Waals surface area contributed by atoms with E-state index in [0.717, 1.165) is 0 Å². The Morgan fingerprint density at radius 2 is 1.92 bits per heavy atom. The van der Waals surface area contributed by atoms with Crippen LogP contribution >= 0.6 is 11.6 Å². The van der Waals surface area contributed by atoms with Gasteiger partial charge in [-0.25, -0.2) is 17.8 Å². The van der Waals surface area contributed by atoms with Crippen molar-refractivity contribution in [3.63, 3.8) is 0 Å². The van der Waals surface area contributed by atoms with E-state index in [0.29, 0.717) is 16.4 Å². The van der Waals surface area contributed by atoms with Crippen molar-refractivity contribution in [3.8, 4) is 0 Å². The highest BCUT2D eigenvalue weighted by Crippen LogP contribution is 2.24. The molecule has 3 aromatic rings. The molecule has 0 aliphatic carbocycles. The number of aryl methyl sites for hydroxylation is 1. The minimum Gasteiger partial charge on any atom is -0.336 e. The standard InChI is InChI=1S/C17H15ClFN3O2S/c1-22-10-9-20-17(22)16(12-5-7-14(19)8-6-12)21-25(23,24)15-4-2-3-13(18)11-15/h2-11,16,21H,1H3. The summed E-state index contributed by atoms with van der Waals surface area (Å²) in [6.07, 6.45) is 3.28. The van der Waals surface area contributed by atoms with Crippen molar-refractivity contribution in [2.75, 3.05) is 0 Å². The number of nitrogens with one attached hydrogen (secondary N) is 1. The molecule has 1 aromatic heterocycles. The number of hydrogen-bond donors (Lipinski definition) is 1. The molecule has 8 heteroatoms. The van der Waals surface area contributed by atoms with Crippen molar-refractivity contribution in [3.05, 3.63) is 83.2 Å². The normalized spacial score (nSPS) is 12.9. The van der Waals surface area contributed by atoms with Gasteiger partial charge in [-0.05, 0) is 35.9 Å². The lowest BCUT2D eigenvalue weighted by Crippen LogP contribution is -2.31. The van der Waals surface area contributed by atoms with Crippen molar-refractivity contribution >= 4 is 21.6 Å². The summed E-state index contributed by atoms with van der Waals surface area (Å²) < 4.78 is 43.1. The average molecular weight is 380 g/mol. The van der Waals surface area contributed by atoms with E-state index >= 15 is 0 Å². The number of sulfonamides is 1. The highest BCUT2D eigenvalue weighted by molar-refractivity contribution is 7.89. The molecule has 2 aromatic carbocycles. The quantitative estimate of drug-likeness (QED) is 0.739. The van der Waals surface area contributed by atoms with E-state index in [9.17, 15) is 12.8 Å². The number of hydrogen-bond acceptors (Lipinski definition) is 3. The number of aromatic nitrogens is 2. The number of imidazole rings is 1. The molecule has 1 unspecified atom stereocenters. The van der Waals surface area contributed by atoms with Crippen LogP contribution in [0.2, 0.25) is 5.02 Å². The summed E-state index contributed by atoms with van der Waals surface area (Å²) >= 11 is 5.90. The largest absolute Gasteiger partial charge is 0.336 e. The van der Waals surface area contributed by atoms with Crippen LogP contribution in [0, 0.1) is 5.82 Å². The Morgan fingerprint density at radius 3 is 2.52 bits per heavy atom. The smallest absolute Gasteiger partial charge is 0.241 e. The zero-order valence-corrected chi connectivity index (χ0v) is 14.8. The first-order valence-electron chi connectivity index (χ1n) is 7.37. The summed E-state index contributed by atoms with van der Waals surface area (Å²) in [6.45, 7) is 0. The van der Waals surface area contributed by atoms with E-state index in [1.165, 1.54) is 36.4 Å². The topological polar surface area (TPSA) is 64.0 Å². The van der Waals surface area contributed by atoms with Gasteiger partial charge < -0.3 is 4.57 Å². The highest BCUT2D eigenvalue weighted by Gasteiger charge is 2.25. The van der Waals surface area contributed by atoms with E-state index in [4.69, 9.17) is 11.6 Å². The Morgan fingerprint density at radius 1 is 1.20 bits per heavy atom. The van der Waals surface area contributed by atoms with Crippen LogP contribution in [0.3, 0.4) is 0 Å². The molecule has 1 N–H and O–H groups in total. The number of rotatable bonds is 5. The van der Waals surface area contributed by atoms with Gasteiger partial charge in [0.05, 0.1) is 4.90 Å². The van der Waals surface area contributed by atoms with Crippen LogP contribution in [0.1, 0.15) is 17.4 Å². The third kappa shape index (κ3) is 3.89. The molecule has 0 aliphatic heterocycles. The highest BCUT2D eigenvalue weighted by atomic mass is 35.5. The molecule has 0 saturated heterocycles. The first-order valence-corrected chi connectivity index (χ1v) is 9.23. The predicted molar refractivity (Wildman–Crippen MR) is 93.2 cm³/mol. The third-order valence-corrected chi connectivity index (χ3v) is 5.36. The van der Waals surface area contributed by atoms with Crippen LogP contribution in [0.5, 0.6) is 0 Å². The first kappa shape index (κ1) is 17.6. The van der Waals surface area contributed by atoms with Crippen LogP contribution in [-0.4, -0.2) is 18.0 Å². The maximum absolute atomic E-state index is 13.2. The van der Waals surface area contributed by atoms with Crippen molar-refractivity contribution in [2.24, 2.45) is 7.05 Å². The van der Waals surface area contributed by atoms with Crippen LogP contribution in [0.4, 0.5) is 4.39 Å². The summed E-state index contributed by atoms with van der Waals surface area (Å²) in [5, 5.41) is 0.318. The Labute approximate surface area is 150 Å². The maximum Gasteiger partial charge on any atom is 0.241 e. The molecule has 3 rings (SSSR count). The Hall–Kier alpha value is -2.22. The van der Waals surface area contributed by atoms with Crippen molar-refractivity contribution in [1.82, 2.24) is 14.3 Å². The maximum atomic E-state index is 13.2. The van der Waals surface area contributed by atoms with Gasteiger partial charge in [-0.15, -0.1) is 0 Å². The van der Waals surface area contributed by atoms with Crippen molar-refractivity contribution in [1.29, 1.82) is 0 Å². The SMILES string of the molecule is Cn1ccnc1C(NS(=O)(=O)c1cccc(Cl)c1)c1ccc(F)cc1. The molecule has 1 atom stereocenters. The Kier molecular flexibility index (Phi) is 4.89. The fraction of sp³-hybridized carbons (Fsp3) is 0.118. The molecule has 1 heterocycles. The Balaban J connectivity index is 2.03. The van der Waals surface area contributed by atoms with Crippen molar-refractivity contribution in [2.45, 2.75) is 10.9 Å². The molecule has 25 heavy (non-hydrogen) atoms. The Bertz CT molecular complexity index is 987. The van der Waals surface area contributed by atoms with Gasteiger partial charge in [0, 0.05) is 24.5 Å². The molecule has 130 valence electrons. The zero-order valence-electron chi connectivity index (χ0n) is 13.2. The van der Waals surface area contributed by atoms with E-state index in [1.54, 1.807) is 36.1 Å². The molecule has 0 bridgehead atoms. The lowest BCUT2D eigenvalue weighted by molar-refractivity contribution is 0.562. The fourth-order valence-corrected chi connectivity index (χ4v) is 3.92. The second-order valence-electron chi connectivity index (χ2n) is 5.46. The fourth-order valence-electron chi connectivity index (χ4n) is 2.44. The molecule has 5 nitrogen and oxygen atoms in total. The van der Waals surface area contributed by atoms with Crippen LogP contribution in [0.25, 0.3) is 0 Å². The summed E-state index contributed by atoms with van der Waals surface area (Å²) in [5.41, 5.74) is 0.571. The first-order chi connectivity index (χ1) is 11.9. The lowest BCUT2D eigenvalue weighted by atomic mass is 10.1. The number of halogens is 2. The lowest BCUT2D eigenvalue weighted by Gasteiger charge is -2.19. The van der Waals surface area contributed by atoms with E-state index in [1.807, 2.05) is 0 Å². The minimum absolute atomic E-state index is 0.0429. The summed E-state index contributed by atoms with van der Waals surface area (Å²) in [5.74, 6) is 0.0808. The third-order valence-electron chi connectivity index (χ3n) is 3.70. The number of benzene rings is 2. The van der Waals surface area contributed by atoms with Crippen LogP contribution in [-0.2, 0) is 17.1 Å². The van der Waals surface area contributed by atoms with Crippen LogP contribution < -0.4 is 4.72 Å². The monoisotopic (exact) mass is 379 g/mol. The zero-order chi connectivity index (χ0) is 18.0. The van der Waals surface area contributed by atoms with E-state index in [-0.39, 0.29) is 4.90 Å². The van der Waals surface area contributed by atoms with Gasteiger partial charge in [0.2, 0.25) is 10.0 Å². The molecular weight excluding hydrogens is 365 g/mol. The summed E-state index contributed by atoms with van der Waals surface area (Å²) in [7, 11) is -2.11.